The predicted octanol–water partition coefficient (Wildman–Crippen LogP) is -1.92. The van der Waals surface area contributed by atoms with E-state index in [-0.39, 0.29) is 25.4 Å². The molecule has 84 valence electrons. The van der Waals surface area contributed by atoms with Gasteiger partial charge >= 0.3 is 0 Å². The molecule has 0 spiro atoms. The number of nitrogens with two attached hydrogens (primary N) is 2. The fourth-order valence-corrected chi connectivity index (χ4v) is 0.661. The molecule has 7 nitrogen and oxygen atoms in total. The van der Waals surface area contributed by atoms with Crippen molar-refractivity contribution in [2.45, 2.75) is 0 Å². The first-order valence-electron chi connectivity index (χ1n) is 3.86. The Hall–Kier alpha value is -0.990. The van der Waals surface area contributed by atoms with Gasteiger partial charge < -0.3 is 21.5 Å². The van der Waals surface area contributed by atoms with E-state index in [0.29, 0.717) is 0 Å². The fraction of sp³-hybridized carbons (Fsp3) is 0.667. The minimum atomic E-state index is -0.312. The highest BCUT2D eigenvalue weighted by Gasteiger charge is 1.92. The number of hydrogen-bond donors (Lipinski definition) is 6. The molecule has 1 aliphatic heterocycles. The summed E-state index contributed by atoms with van der Waals surface area (Å²) in [5, 5.41) is 18.1. The number of nitrogens with one attached hydrogen (secondary N) is 4. The van der Waals surface area contributed by atoms with E-state index in [9.17, 15) is 0 Å². The maximum absolute atomic E-state index is 6.47. The van der Waals surface area contributed by atoms with E-state index in [1.807, 2.05) is 5.32 Å². The van der Waals surface area contributed by atoms with Crippen LogP contribution in [0.3, 0.4) is 0 Å². The average molecular weight is 222 g/mol. The number of morpholine rings is 1. The first-order valence-corrected chi connectivity index (χ1v) is 3.86. The Morgan fingerprint density at radius 3 is 1.64 bits per heavy atom. The van der Waals surface area contributed by atoms with Crippen LogP contribution >= 0.6 is 13.5 Å². The van der Waals surface area contributed by atoms with Crippen molar-refractivity contribution in [2.24, 2.45) is 11.5 Å². The van der Waals surface area contributed by atoms with Crippen LogP contribution in [0.5, 0.6) is 0 Å². The van der Waals surface area contributed by atoms with Gasteiger partial charge in [0.1, 0.15) is 0 Å². The Balaban J connectivity index is 0. The van der Waals surface area contributed by atoms with Gasteiger partial charge in [-0.25, -0.2) is 0 Å². The summed E-state index contributed by atoms with van der Waals surface area (Å²) in [6.45, 7) is 3.83. The van der Waals surface area contributed by atoms with E-state index >= 15 is 0 Å². The lowest BCUT2D eigenvalue weighted by atomic mass is 10.5. The molecular weight excluding hydrogens is 204 g/mol. The smallest absolute Gasteiger partial charge is 0.192 e. The molecule has 0 aromatic heterocycles. The molecule has 0 unspecified atom stereocenters. The Kier molecular flexibility index (Phi) is 11.2. The summed E-state index contributed by atoms with van der Waals surface area (Å²) in [4.78, 5) is 0. The molecule has 0 aromatic carbocycles. The highest BCUT2D eigenvalue weighted by Crippen LogP contribution is 1.76. The maximum Gasteiger partial charge on any atom is 0.192 e. The summed E-state index contributed by atoms with van der Waals surface area (Å²) in [7, 11) is 0. The van der Waals surface area contributed by atoms with Gasteiger partial charge in [0.15, 0.2) is 11.9 Å². The zero-order valence-corrected chi connectivity index (χ0v) is 8.89. The van der Waals surface area contributed by atoms with Gasteiger partial charge in [0.05, 0.1) is 13.2 Å². The third-order valence-corrected chi connectivity index (χ3v) is 1.12. The van der Waals surface area contributed by atoms with Gasteiger partial charge in [-0.2, -0.15) is 13.5 Å². The normalized spacial score (nSPS) is 14.0. The van der Waals surface area contributed by atoms with Crippen LogP contribution in [0.1, 0.15) is 0 Å². The van der Waals surface area contributed by atoms with Crippen LogP contribution in [0.4, 0.5) is 0 Å². The van der Waals surface area contributed by atoms with Crippen LogP contribution in [-0.4, -0.2) is 38.2 Å². The maximum atomic E-state index is 6.47. The quantitative estimate of drug-likeness (QED) is 0.210. The van der Waals surface area contributed by atoms with Crippen LogP contribution in [-0.2, 0) is 4.74 Å². The minimum absolute atomic E-state index is 0. The third kappa shape index (κ3) is 13.6. The van der Waals surface area contributed by atoms with Crippen molar-refractivity contribution >= 4 is 25.4 Å². The van der Waals surface area contributed by atoms with Gasteiger partial charge in [-0.1, -0.05) is 0 Å². The molecule has 0 radical (unpaired) electrons. The number of hydrogen-bond acceptors (Lipinski definition) is 4. The molecule has 0 bridgehead atoms. The van der Waals surface area contributed by atoms with Crippen LogP contribution in [0.2, 0.25) is 0 Å². The summed E-state index contributed by atoms with van der Waals surface area (Å²) in [5.74, 6) is -0.625. The second kappa shape index (κ2) is 10.1. The molecule has 0 aliphatic carbocycles. The topological polar surface area (TPSA) is 133 Å². The monoisotopic (exact) mass is 222 g/mol. The molecule has 1 aliphatic rings. The second-order valence-corrected chi connectivity index (χ2v) is 2.31. The summed E-state index contributed by atoms with van der Waals surface area (Å²) in [6.07, 6.45) is 0. The molecule has 1 heterocycles. The first-order chi connectivity index (χ1) is 6.13. The molecule has 0 saturated carbocycles. The van der Waals surface area contributed by atoms with Crippen molar-refractivity contribution in [1.29, 1.82) is 10.8 Å². The molecule has 1 saturated heterocycles. The van der Waals surface area contributed by atoms with E-state index in [1.165, 1.54) is 0 Å². The minimum Gasteiger partial charge on any atom is -0.379 e. The van der Waals surface area contributed by atoms with Crippen LogP contribution < -0.4 is 22.1 Å². The lowest BCUT2D eigenvalue weighted by molar-refractivity contribution is 0.109. The third-order valence-electron chi connectivity index (χ3n) is 1.12. The number of ether oxygens (including phenoxy) is 1. The molecule has 14 heavy (non-hydrogen) atoms. The van der Waals surface area contributed by atoms with E-state index < -0.39 is 0 Å². The van der Waals surface area contributed by atoms with Crippen molar-refractivity contribution in [3.63, 3.8) is 0 Å². The lowest BCUT2D eigenvalue weighted by Gasteiger charge is -2.10. The molecule has 1 rings (SSSR count). The molecular formula is C6H18N6OS. The summed E-state index contributed by atoms with van der Waals surface area (Å²) < 4.78 is 5.01. The van der Waals surface area contributed by atoms with Crippen molar-refractivity contribution in [3.8, 4) is 0 Å². The molecule has 0 amide bonds. The zero-order valence-electron chi connectivity index (χ0n) is 7.89. The highest BCUT2D eigenvalue weighted by atomic mass is 32.1. The van der Waals surface area contributed by atoms with Crippen molar-refractivity contribution < 1.29 is 4.74 Å². The van der Waals surface area contributed by atoms with Crippen LogP contribution in [0.15, 0.2) is 0 Å². The van der Waals surface area contributed by atoms with Gasteiger partial charge in [0.2, 0.25) is 0 Å². The zero-order chi connectivity index (χ0) is 10.1. The van der Waals surface area contributed by atoms with Crippen LogP contribution in [0.25, 0.3) is 0 Å². The van der Waals surface area contributed by atoms with Crippen LogP contribution in [0, 0.1) is 10.8 Å². The average Bonchev–Trinajstić information content (AvgIpc) is 2.06. The van der Waals surface area contributed by atoms with Crippen molar-refractivity contribution in [3.05, 3.63) is 0 Å². The predicted molar refractivity (Wildman–Crippen MR) is 61.0 cm³/mol. The molecule has 8 heteroatoms. The molecule has 0 atom stereocenters. The summed E-state index contributed by atoms with van der Waals surface area (Å²) in [5.41, 5.74) is 9.49. The number of guanidine groups is 2. The van der Waals surface area contributed by atoms with Gasteiger partial charge in [-0.3, -0.25) is 16.1 Å². The Morgan fingerprint density at radius 1 is 1.14 bits per heavy atom. The van der Waals surface area contributed by atoms with Gasteiger partial charge in [-0.15, -0.1) is 0 Å². The SMILES string of the molecule is C1COCCN1.N=C(N)NC(=N)N.S. The van der Waals surface area contributed by atoms with Crippen molar-refractivity contribution in [2.75, 3.05) is 26.3 Å². The Morgan fingerprint density at radius 2 is 1.57 bits per heavy atom. The molecule has 8 N–H and O–H groups in total. The van der Waals surface area contributed by atoms with Gasteiger partial charge in [0.25, 0.3) is 0 Å². The van der Waals surface area contributed by atoms with E-state index in [1.54, 1.807) is 0 Å². The summed E-state index contributed by atoms with van der Waals surface area (Å²) in [6, 6.07) is 0. The fourth-order valence-electron chi connectivity index (χ4n) is 0.661. The van der Waals surface area contributed by atoms with E-state index in [2.05, 4.69) is 5.32 Å². The van der Waals surface area contributed by atoms with Gasteiger partial charge in [0, 0.05) is 13.1 Å². The lowest BCUT2D eigenvalue weighted by Crippen LogP contribution is -2.39. The Labute approximate surface area is 90.0 Å². The second-order valence-electron chi connectivity index (χ2n) is 2.31. The first kappa shape index (κ1) is 15.5. The Bertz CT molecular complexity index is 148. The molecule has 1 fully saturated rings. The summed E-state index contributed by atoms with van der Waals surface area (Å²) >= 11 is 0. The van der Waals surface area contributed by atoms with Crippen molar-refractivity contribution in [1.82, 2.24) is 10.6 Å². The number of rotatable bonds is 0. The largest absolute Gasteiger partial charge is 0.379 e. The molecule has 0 aromatic rings. The highest BCUT2D eigenvalue weighted by molar-refractivity contribution is 7.59. The standard InChI is InChI=1S/C4H9NO.C2H7N5.H2S/c1-3-6-4-2-5-1;3-1(4)7-2(5)6;/h5H,1-4H2;(H7,3,4,5,6,7);1H2. The van der Waals surface area contributed by atoms with E-state index in [4.69, 9.17) is 27.0 Å². The van der Waals surface area contributed by atoms with Gasteiger partial charge in [-0.05, 0) is 0 Å². The van der Waals surface area contributed by atoms with E-state index in [0.717, 1.165) is 26.3 Å².